The second kappa shape index (κ2) is 11.5. The fourth-order valence-electron chi connectivity index (χ4n) is 6.64. The van der Waals surface area contributed by atoms with E-state index < -0.39 is 0 Å². The molecule has 0 N–H and O–H groups in total. The van der Waals surface area contributed by atoms with Gasteiger partial charge in [-0.1, -0.05) is 115 Å². The lowest BCUT2D eigenvalue weighted by molar-refractivity contribution is 0.309. The highest BCUT2D eigenvalue weighted by molar-refractivity contribution is 7.26. The van der Waals surface area contributed by atoms with Crippen LogP contribution in [0.25, 0.3) is 74.0 Å². The molecule has 3 heterocycles. The lowest BCUT2D eigenvalue weighted by Gasteiger charge is -2.17. The first-order valence-corrected chi connectivity index (χ1v) is 17.4. The second-order valence-electron chi connectivity index (χ2n) is 11.9. The monoisotopic (exact) mass is 639 g/mol. The van der Waals surface area contributed by atoms with Gasteiger partial charge in [-0.3, -0.25) is 0 Å². The molecule has 0 atom stereocenters. The first kappa shape index (κ1) is 28.0. The zero-order valence-corrected chi connectivity index (χ0v) is 27.4. The maximum Gasteiger partial charge on any atom is 0.137 e. The van der Waals surface area contributed by atoms with Gasteiger partial charge >= 0.3 is 0 Å². The van der Waals surface area contributed by atoms with Crippen LogP contribution in [0.3, 0.4) is 0 Å². The largest absolute Gasteiger partial charge is 0.488 e. The zero-order valence-electron chi connectivity index (χ0n) is 25.7. The van der Waals surface area contributed by atoms with E-state index in [4.69, 9.17) is 9.72 Å². The molecule has 0 amide bonds. The number of aryl methyl sites for hydroxylation is 1. The van der Waals surface area contributed by atoms with E-state index >= 15 is 0 Å². The lowest BCUT2D eigenvalue weighted by atomic mass is 9.97. The third-order valence-electron chi connectivity index (χ3n) is 8.89. The molecule has 2 nitrogen and oxygen atoms in total. The highest BCUT2D eigenvalue weighted by Gasteiger charge is 2.19. The number of nitrogens with zero attached hydrogens (tertiary/aromatic N) is 1. The molecule has 0 saturated heterocycles. The smallest absolute Gasteiger partial charge is 0.137 e. The number of para-hydroxylation sites is 1. The highest BCUT2D eigenvalue weighted by atomic mass is 32.1. The van der Waals surface area contributed by atoms with Gasteiger partial charge in [-0.2, -0.15) is 0 Å². The van der Waals surface area contributed by atoms with Gasteiger partial charge in [0, 0.05) is 62.6 Å². The van der Waals surface area contributed by atoms with E-state index in [2.05, 4.69) is 146 Å². The molecule has 6 aromatic carbocycles. The van der Waals surface area contributed by atoms with Crippen molar-refractivity contribution >= 4 is 63.0 Å². The molecule has 0 fully saturated rings. The molecule has 9 aromatic rings. The molecule has 3 aromatic heterocycles. The third kappa shape index (κ3) is 4.89. The van der Waals surface area contributed by atoms with Crippen molar-refractivity contribution in [3.8, 4) is 39.4 Å². The fourth-order valence-corrected chi connectivity index (χ4v) is 9.19. The maximum atomic E-state index is 6.82. The summed E-state index contributed by atoms with van der Waals surface area (Å²) in [5.74, 6) is 0.849. The third-order valence-corrected chi connectivity index (χ3v) is 11.3. The molecule has 0 aliphatic rings. The molecule has 9 rings (SSSR count). The van der Waals surface area contributed by atoms with Crippen molar-refractivity contribution in [2.75, 3.05) is 0 Å². The van der Waals surface area contributed by atoms with Crippen molar-refractivity contribution in [2.45, 2.75) is 13.5 Å². The van der Waals surface area contributed by atoms with Crippen molar-refractivity contribution in [3.63, 3.8) is 0 Å². The molecule has 0 spiro atoms. The van der Waals surface area contributed by atoms with E-state index in [1.165, 1.54) is 51.5 Å². The molecule has 0 bridgehead atoms. The summed E-state index contributed by atoms with van der Waals surface area (Å²) in [6.07, 6.45) is 0. The normalized spacial score (nSPS) is 11.6. The van der Waals surface area contributed by atoms with Crippen LogP contribution in [0, 0.1) is 6.92 Å². The van der Waals surface area contributed by atoms with Crippen molar-refractivity contribution in [3.05, 3.63) is 157 Å². The number of rotatable bonds is 6. The quantitative estimate of drug-likeness (QED) is 0.181. The minimum Gasteiger partial charge on any atom is -0.488 e. The van der Waals surface area contributed by atoms with Crippen LogP contribution in [0.1, 0.15) is 11.1 Å². The summed E-state index contributed by atoms with van der Waals surface area (Å²) in [4.78, 5) is 5.33. The van der Waals surface area contributed by atoms with E-state index in [0.717, 1.165) is 39.4 Å². The van der Waals surface area contributed by atoms with E-state index in [9.17, 15) is 0 Å². The summed E-state index contributed by atoms with van der Waals surface area (Å²) >= 11 is 3.69. The zero-order chi connectivity index (χ0) is 31.3. The van der Waals surface area contributed by atoms with E-state index in [0.29, 0.717) is 6.61 Å². The van der Waals surface area contributed by atoms with E-state index in [-0.39, 0.29) is 0 Å². The first-order valence-electron chi connectivity index (χ1n) is 15.8. The molecule has 4 heteroatoms. The Balaban J connectivity index is 1.22. The van der Waals surface area contributed by atoms with Gasteiger partial charge in [0.25, 0.3) is 0 Å². The minimum atomic E-state index is 0.466. The number of benzene rings is 6. The van der Waals surface area contributed by atoms with Gasteiger partial charge in [-0.15, -0.1) is 22.7 Å². The predicted octanol–water partition coefficient (Wildman–Crippen LogP) is 12.7. The molecular formula is C43H29NOS2. The van der Waals surface area contributed by atoms with Gasteiger partial charge in [0.05, 0.1) is 11.4 Å². The molecule has 0 aliphatic carbocycles. The van der Waals surface area contributed by atoms with E-state index in [1.807, 2.05) is 28.7 Å². The predicted molar refractivity (Wildman–Crippen MR) is 202 cm³/mol. The van der Waals surface area contributed by atoms with Crippen molar-refractivity contribution in [2.24, 2.45) is 0 Å². The molecule has 0 aliphatic heterocycles. The van der Waals surface area contributed by atoms with Gasteiger partial charge in [-0.25, -0.2) is 4.98 Å². The Labute approximate surface area is 281 Å². The summed E-state index contributed by atoms with van der Waals surface area (Å²) in [6, 6.07) is 51.8. The number of pyridine rings is 1. The average molecular weight is 640 g/mol. The van der Waals surface area contributed by atoms with Crippen LogP contribution in [-0.4, -0.2) is 4.98 Å². The van der Waals surface area contributed by atoms with Gasteiger partial charge < -0.3 is 4.74 Å². The Morgan fingerprint density at radius 1 is 0.489 bits per heavy atom. The number of aromatic nitrogens is 1. The summed E-state index contributed by atoms with van der Waals surface area (Å²) in [6.45, 7) is 2.62. The van der Waals surface area contributed by atoms with Crippen LogP contribution in [-0.2, 0) is 6.61 Å². The Bertz CT molecular complexity index is 2600. The standard InChI is InChI=1S/C43H29NOS2/c1-27-23-24-30-33-16-9-19-36(43(33)47-40(30)25-27)38-21-10-20-37(44-38)35-18-7-14-31(41(35)45-26-28-11-3-2-4-12-28)34-17-8-15-32-29-13-5-6-22-39(29)46-42(32)34/h2-25H,26H2,1H3. The molecule has 47 heavy (non-hydrogen) atoms. The molecule has 0 unspecified atom stereocenters. The van der Waals surface area contributed by atoms with Crippen LogP contribution in [0.4, 0.5) is 0 Å². The summed E-state index contributed by atoms with van der Waals surface area (Å²) in [5, 5.41) is 5.14. The van der Waals surface area contributed by atoms with Gasteiger partial charge in [0.2, 0.25) is 0 Å². The second-order valence-corrected chi connectivity index (χ2v) is 14.0. The maximum absolute atomic E-state index is 6.82. The number of fused-ring (bicyclic) bond motifs is 6. The molecule has 0 radical (unpaired) electrons. The Morgan fingerprint density at radius 2 is 1.09 bits per heavy atom. The average Bonchev–Trinajstić information content (AvgIpc) is 3.69. The highest BCUT2D eigenvalue weighted by Crippen LogP contribution is 2.46. The first-order chi connectivity index (χ1) is 23.2. The Hall–Kier alpha value is -5.29. The number of thiophene rings is 2. The number of hydrogen-bond acceptors (Lipinski definition) is 4. The minimum absolute atomic E-state index is 0.466. The van der Waals surface area contributed by atoms with Gasteiger partial charge in [-0.05, 0) is 48.4 Å². The van der Waals surface area contributed by atoms with Gasteiger partial charge in [0.1, 0.15) is 12.4 Å². The van der Waals surface area contributed by atoms with E-state index in [1.54, 1.807) is 0 Å². The topological polar surface area (TPSA) is 22.1 Å². The summed E-state index contributed by atoms with van der Waals surface area (Å²) < 4.78 is 12.0. The Kier molecular flexibility index (Phi) is 6.85. The van der Waals surface area contributed by atoms with Gasteiger partial charge in [0.15, 0.2) is 0 Å². The summed E-state index contributed by atoms with van der Waals surface area (Å²) in [7, 11) is 0. The fraction of sp³-hybridized carbons (Fsp3) is 0.0465. The SMILES string of the molecule is Cc1ccc2c(c1)sc1c(-c3cccc(-c4cccc(-c5cccc6c5sc5ccccc56)c4OCc4ccccc4)n3)cccc12. The molecular weight excluding hydrogens is 611 g/mol. The van der Waals surface area contributed by atoms with Crippen LogP contribution >= 0.6 is 22.7 Å². The Morgan fingerprint density at radius 3 is 1.94 bits per heavy atom. The van der Waals surface area contributed by atoms with Crippen LogP contribution in [0.5, 0.6) is 5.75 Å². The van der Waals surface area contributed by atoms with Crippen molar-refractivity contribution in [1.82, 2.24) is 4.98 Å². The van der Waals surface area contributed by atoms with Crippen molar-refractivity contribution in [1.29, 1.82) is 0 Å². The molecule has 0 saturated carbocycles. The molecule has 224 valence electrons. The van der Waals surface area contributed by atoms with Crippen molar-refractivity contribution < 1.29 is 4.74 Å². The summed E-state index contributed by atoms with van der Waals surface area (Å²) in [5.41, 5.74) is 8.65. The van der Waals surface area contributed by atoms with Crippen LogP contribution < -0.4 is 4.74 Å². The van der Waals surface area contributed by atoms with Crippen LogP contribution in [0.15, 0.2) is 146 Å². The lowest BCUT2D eigenvalue weighted by Crippen LogP contribution is -2.00. The van der Waals surface area contributed by atoms with Crippen LogP contribution in [0.2, 0.25) is 0 Å². The number of ether oxygens (including phenoxy) is 1. The number of hydrogen-bond donors (Lipinski definition) is 0.